The van der Waals surface area contributed by atoms with Gasteiger partial charge in [0.05, 0.1) is 0 Å². The lowest BCUT2D eigenvalue weighted by Crippen LogP contribution is -2.00. The van der Waals surface area contributed by atoms with E-state index >= 15 is 0 Å². The summed E-state index contributed by atoms with van der Waals surface area (Å²) < 4.78 is 0. The summed E-state index contributed by atoms with van der Waals surface area (Å²) in [6.45, 7) is 4.18. The van der Waals surface area contributed by atoms with Crippen LogP contribution in [-0.2, 0) is 6.42 Å². The van der Waals surface area contributed by atoms with Gasteiger partial charge in [-0.2, -0.15) is 0 Å². The standard InChI is InChI=1S/C48H35N3/c1-31-14-18-37(19-15-31)46-49-47(38-20-16-32(2)17-21-38)51-48(50-46)39-28-26-36(27-29-39)41-11-7-13-43-42-12-6-10-40(44(42)30-45(41)43)35-24-22-34(23-25-35)33-8-4-3-5-9-33/h3-29H,30H2,1-2H3. The van der Waals surface area contributed by atoms with E-state index in [-0.39, 0.29) is 0 Å². The maximum absolute atomic E-state index is 4.97. The van der Waals surface area contributed by atoms with E-state index in [0.717, 1.165) is 23.1 Å². The number of rotatable bonds is 6. The topological polar surface area (TPSA) is 38.7 Å². The van der Waals surface area contributed by atoms with Gasteiger partial charge in [0.25, 0.3) is 0 Å². The van der Waals surface area contributed by atoms with Crippen molar-refractivity contribution in [2.24, 2.45) is 0 Å². The van der Waals surface area contributed by atoms with E-state index < -0.39 is 0 Å². The maximum atomic E-state index is 4.97. The molecule has 1 aromatic heterocycles. The van der Waals surface area contributed by atoms with Crippen LogP contribution in [0.2, 0.25) is 0 Å². The van der Waals surface area contributed by atoms with Crippen LogP contribution in [0.3, 0.4) is 0 Å². The Morgan fingerprint density at radius 1 is 0.294 bits per heavy atom. The first kappa shape index (κ1) is 30.6. The van der Waals surface area contributed by atoms with E-state index in [9.17, 15) is 0 Å². The molecule has 0 atom stereocenters. The van der Waals surface area contributed by atoms with Gasteiger partial charge in [0, 0.05) is 16.7 Å². The lowest BCUT2D eigenvalue weighted by Gasteiger charge is -2.11. The summed E-state index contributed by atoms with van der Waals surface area (Å²) in [5, 5.41) is 0. The van der Waals surface area contributed by atoms with Crippen LogP contribution in [0.5, 0.6) is 0 Å². The van der Waals surface area contributed by atoms with Crippen molar-refractivity contribution in [2.75, 3.05) is 0 Å². The van der Waals surface area contributed by atoms with Gasteiger partial charge in [0.1, 0.15) is 0 Å². The van der Waals surface area contributed by atoms with Crippen molar-refractivity contribution in [3.63, 3.8) is 0 Å². The fourth-order valence-electron chi connectivity index (χ4n) is 7.22. The van der Waals surface area contributed by atoms with Crippen molar-refractivity contribution in [2.45, 2.75) is 20.3 Å². The second-order valence-electron chi connectivity index (χ2n) is 13.4. The molecule has 0 radical (unpaired) electrons. The number of aryl methyl sites for hydroxylation is 2. The molecule has 3 heteroatoms. The lowest BCUT2D eigenvalue weighted by molar-refractivity contribution is 1.07. The van der Waals surface area contributed by atoms with Crippen molar-refractivity contribution in [1.29, 1.82) is 0 Å². The van der Waals surface area contributed by atoms with Crippen LogP contribution in [0.1, 0.15) is 22.3 Å². The summed E-state index contributed by atoms with van der Waals surface area (Å²) in [5.41, 5.74) is 18.2. The molecular formula is C48H35N3. The van der Waals surface area contributed by atoms with Gasteiger partial charge in [-0.05, 0) is 75.9 Å². The molecule has 0 N–H and O–H groups in total. The highest BCUT2D eigenvalue weighted by molar-refractivity contribution is 5.90. The smallest absolute Gasteiger partial charge is 0.164 e. The molecule has 0 bridgehead atoms. The molecule has 242 valence electrons. The van der Waals surface area contributed by atoms with Crippen LogP contribution in [0.4, 0.5) is 0 Å². The van der Waals surface area contributed by atoms with Gasteiger partial charge in [-0.3, -0.25) is 0 Å². The summed E-state index contributed by atoms with van der Waals surface area (Å²) >= 11 is 0. The Kier molecular flexibility index (Phi) is 7.67. The Balaban J connectivity index is 1.05. The van der Waals surface area contributed by atoms with Gasteiger partial charge in [0.2, 0.25) is 0 Å². The van der Waals surface area contributed by atoms with Crippen molar-refractivity contribution >= 4 is 0 Å². The van der Waals surface area contributed by atoms with Crippen molar-refractivity contribution < 1.29 is 0 Å². The Labute approximate surface area is 299 Å². The minimum atomic E-state index is 0.663. The largest absolute Gasteiger partial charge is 0.208 e. The fraction of sp³-hybridized carbons (Fsp3) is 0.0625. The van der Waals surface area contributed by atoms with Crippen LogP contribution in [0, 0.1) is 13.8 Å². The molecule has 9 rings (SSSR count). The Bertz CT molecular complexity index is 2450. The zero-order valence-corrected chi connectivity index (χ0v) is 28.6. The number of fused-ring (bicyclic) bond motifs is 3. The predicted octanol–water partition coefficient (Wildman–Crippen LogP) is 12.1. The molecule has 0 unspecified atom stereocenters. The molecule has 1 aliphatic carbocycles. The highest BCUT2D eigenvalue weighted by Gasteiger charge is 2.24. The first-order valence-corrected chi connectivity index (χ1v) is 17.5. The molecular weight excluding hydrogens is 619 g/mol. The van der Waals surface area contributed by atoms with E-state index in [1.54, 1.807) is 0 Å². The van der Waals surface area contributed by atoms with E-state index in [1.165, 1.54) is 66.8 Å². The maximum Gasteiger partial charge on any atom is 0.164 e. The predicted molar refractivity (Wildman–Crippen MR) is 210 cm³/mol. The second kappa shape index (κ2) is 12.8. The first-order valence-electron chi connectivity index (χ1n) is 17.5. The molecule has 0 fully saturated rings. The number of hydrogen-bond donors (Lipinski definition) is 0. The second-order valence-corrected chi connectivity index (χ2v) is 13.4. The number of nitrogens with zero attached hydrogens (tertiary/aromatic N) is 3. The normalized spacial score (nSPS) is 11.6. The van der Waals surface area contributed by atoms with E-state index in [1.807, 2.05) is 0 Å². The molecule has 0 spiro atoms. The molecule has 0 aliphatic heterocycles. The molecule has 1 aliphatic rings. The van der Waals surface area contributed by atoms with E-state index in [2.05, 4.69) is 178 Å². The molecule has 0 saturated heterocycles. The number of benzene rings is 7. The molecule has 3 nitrogen and oxygen atoms in total. The molecule has 7 aromatic carbocycles. The van der Waals surface area contributed by atoms with Gasteiger partial charge in [0.15, 0.2) is 17.5 Å². The summed E-state index contributed by atoms with van der Waals surface area (Å²) in [6, 6.07) is 58.4. The molecule has 1 heterocycles. The summed E-state index contributed by atoms with van der Waals surface area (Å²) in [5.74, 6) is 2.00. The SMILES string of the molecule is Cc1ccc(-c2nc(-c3ccc(C)cc3)nc(-c3ccc(-c4cccc5c4Cc4c(-c6ccc(-c7ccccc7)cc6)cccc4-5)cc3)n2)cc1. The van der Waals surface area contributed by atoms with Crippen molar-refractivity contribution in [3.8, 4) is 78.7 Å². The highest BCUT2D eigenvalue weighted by Crippen LogP contribution is 2.45. The van der Waals surface area contributed by atoms with Crippen LogP contribution in [-0.4, -0.2) is 15.0 Å². The molecule has 8 aromatic rings. The average Bonchev–Trinajstić information content (AvgIpc) is 3.58. The third-order valence-corrected chi connectivity index (χ3v) is 10.0. The van der Waals surface area contributed by atoms with Gasteiger partial charge in [-0.25, -0.2) is 15.0 Å². The van der Waals surface area contributed by atoms with Crippen LogP contribution < -0.4 is 0 Å². The van der Waals surface area contributed by atoms with Crippen molar-refractivity contribution in [1.82, 2.24) is 15.0 Å². The van der Waals surface area contributed by atoms with Crippen LogP contribution in [0.25, 0.3) is 78.7 Å². The number of hydrogen-bond acceptors (Lipinski definition) is 3. The minimum absolute atomic E-state index is 0.663. The summed E-state index contributed by atoms with van der Waals surface area (Å²) in [6.07, 6.45) is 0.895. The van der Waals surface area contributed by atoms with Gasteiger partial charge in [-0.15, -0.1) is 0 Å². The third kappa shape index (κ3) is 5.83. The average molecular weight is 654 g/mol. The summed E-state index contributed by atoms with van der Waals surface area (Å²) in [4.78, 5) is 14.9. The summed E-state index contributed by atoms with van der Waals surface area (Å²) in [7, 11) is 0. The third-order valence-electron chi connectivity index (χ3n) is 10.0. The van der Waals surface area contributed by atoms with Gasteiger partial charge >= 0.3 is 0 Å². The van der Waals surface area contributed by atoms with Crippen molar-refractivity contribution in [3.05, 3.63) is 186 Å². The monoisotopic (exact) mass is 653 g/mol. The Morgan fingerprint density at radius 3 is 1.06 bits per heavy atom. The Hall–Kier alpha value is -6.45. The molecule has 51 heavy (non-hydrogen) atoms. The number of aromatic nitrogens is 3. The van der Waals surface area contributed by atoms with Crippen LogP contribution in [0.15, 0.2) is 164 Å². The molecule has 0 amide bonds. The zero-order chi connectivity index (χ0) is 34.3. The molecule has 0 saturated carbocycles. The van der Waals surface area contributed by atoms with Gasteiger partial charge < -0.3 is 0 Å². The fourth-order valence-corrected chi connectivity index (χ4v) is 7.22. The Morgan fingerprint density at radius 2 is 0.627 bits per heavy atom. The minimum Gasteiger partial charge on any atom is -0.208 e. The van der Waals surface area contributed by atoms with E-state index in [0.29, 0.717) is 17.5 Å². The zero-order valence-electron chi connectivity index (χ0n) is 28.6. The quantitative estimate of drug-likeness (QED) is 0.179. The van der Waals surface area contributed by atoms with Gasteiger partial charge in [-0.1, -0.05) is 175 Å². The lowest BCUT2D eigenvalue weighted by atomic mass is 9.94. The highest BCUT2D eigenvalue weighted by atomic mass is 15.0. The van der Waals surface area contributed by atoms with E-state index in [4.69, 9.17) is 15.0 Å². The first-order chi connectivity index (χ1) is 25.1. The van der Waals surface area contributed by atoms with Crippen LogP contribution >= 0.6 is 0 Å².